The van der Waals surface area contributed by atoms with Crippen molar-refractivity contribution in [2.24, 2.45) is 0 Å². The number of benzene rings is 1. The number of hydrogen-bond donors (Lipinski definition) is 1. The van der Waals surface area contributed by atoms with Gasteiger partial charge in [0.05, 0.1) is 12.8 Å². The quantitative estimate of drug-likeness (QED) is 0.818. The van der Waals surface area contributed by atoms with Crippen LogP contribution in [0.25, 0.3) is 0 Å². The summed E-state index contributed by atoms with van der Waals surface area (Å²) in [7, 11) is 0.251. The molecule has 96 valence electrons. The third-order valence-corrected chi connectivity index (χ3v) is 4.01. The number of rotatable bonds is 6. The van der Waals surface area contributed by atoms with E-state index in [1.54, 1.807) is 0 Å². The molecule has 0 amide bonds. The number of nitrogens with zero attached hydrogens (tertiary/aromatic N) is 1. The Hall–Kier alpha value is -0.190. The second-order valence-electron chi connectivity index (χ2n) is 4.06. The van der Waals surface area contributed by atoms with E-state index in [-0.39, 0.29) is 12.8 Å². The number of halogens is 1. The van der Waals surface area contributed by atoms with Crippen molar-refractivity contribution in [3.05, 3.63) is 34.3 Å². The largest absolute Gasteiger partial charge is 0.332 e. The molecule has 0 saturated heterocycles. The van der Waals surface area contributed by atoms with Crippen molar-refractivity contribution in [2.45, 2.75) is 6.16 Å². The third kappa shape index (κ3) is 6.34. The SMILES string of the molecule is CN(C)CCOP(=O)(O)Cc1ccc(Br)cc1. The highest BCUT2D eigenvalue weighted by atomic mass is 79.9. The predicted octanol–water partition coefficient (Wildman–Crippen LogP) is 2.71. The first kappa shape index (κ1) is 14.9. The molecule has 1 N–H and O–H groups in total. The first-order valence-corrected chi connectivity index (χ1v) is 7.80. The van der Waals surface area contributed by atoms with E-state index in [9.17, 15) is 9.46 Å². The Labute approximate surface area is 110 Å². The normalized spacial score (nSPS) is 14.9. The Morgan fingerprint density at radius 3 is 2.47 bits per heavy atom. The van der Waals surface area contributed by atoms with Gasteiger partial charge in [-0.15, -0.1) is 0 Å². The molecule has 0 aromatic heterocycles. The average molecular weight is 322 g/mol. The van der Waals surface area contributed by atoms with Crippen molar-refractivity contribution in [1.82, 2.24) is 4.90 Å². The molecule has 0 radical (unpaired) electrons. The monoisotopic (exact) mass is 321 g/mol. The van der Waals surface area contributed by atoms with E-state index < -0.39 is 7.60 Å². The smallest absolute Gasteiger partial charge is 0.324 e. The van der Waals surface area contributed by atoms with Crippen molar-refractivity contribution in [3.63, 3.8) is 0 Å². The van der Waals surface area contributed by atoms with Crippen molar-refractivity contribution in [3.8, 4) is 0 Å². The van der Waals surface area contributed by atoms with E-state index in [0.29, 0.717) is 6.54 Å². The Morgan fingerprint density at radius 1 is 1.35 bits per heavy atom. The fourth-order valence-corrected chi connectivity index (χ4v) is 2.63. The molecule has 0 saturated carbocycles. The molecule has 0 fully saturated rings. The zero-order valence-corrected chi connectivity index (χ0v) is 12.4. The van der Waals surface area contributed by atoms with Gasteiger partial charge in [0, 0.05) is 11.0 Å². The highest BCUT2D eigenvalue weighted by molar-refractivity contribution is 9.10. The molecule has 4 nitrogen and oxygen atoms in total. The summed E-state index contributed by atoms with van der Waals surface area (Å²) >= 11 is 3.31. The minimum atomic E-state index is -3.53. The number of likely N-dealkylation sites (N-methyl/N-ethyl adjacent to an activating group) is 1. The van der Waals surface area contributed by atoms with Gasteiger partial charge in [-0.05, 0) is 31.8 Å². The van der Waals surface area contributed by atoms with Crippen LogP contribution in [0.5, 0.6) is 0 Å². The van der Waals surface area contributed by atoms with Gasteiger partial charge in [-0.25, -0.2) is 0 Å². The van der Waals surface area contributed by atoms with E-state index >= 15 is 0 Å². The maximum Gasteiger partial charge on any atom is 0.332 e. The third-order valence-electron chi connectivity index (χ3n) is 2.13. The molecule has 0 aliphatic heterocycles. The van der Waals surface area contributed by atoms with Crippen molar-refractivity contribution in [2.75, 3.05) is 27.2 Å². The molecule has 1 aromatic rings. The summed E-state index contributed by atoms with van der Waals surface area (Å²) in [4.78, 5) is 11.6. The van der Waals surface area contributed by atoms with E-state index in [4.69, 9.17) is 4.52 Å². The summed E-state index contributed by atoms with van der Waals surface area (Å²) in [6, 6.07) is 7.30. The van der Waals surface area contributed by atoms with Crippen LogP contribution in [0.15, 0.2) is 28.7 Å². The maximum absolute atomic E-state index is 11.8. The molecule has 1 unspecified atom stereocenters. The summed E-state index contributed by atoms with van der Waals surface area (Å²) in [6.45, 7) is 0.891. The highest BCUT2D eigenvalue weighted by Gasteiger charge is 2.19. The lowest BCUT2D eigenvalue weighted by Crippen LogP contribution is -2.17. The molecule has 17 heavy (non-hydrogen) atoms. The van der Waals surface area contributed by atoms with Crippen LogP contribution in [0.1, 0.15) is 5.56 Å². The average Bonchev–Trinajstić information content (AvgIpc) is 2.20. The van der Waals surface area contributed by atoms with Crippen molar-refractivity contribution < 1.29 is 14.0 Å². The fourth-order valence-electron chi connectivity index (χ4n) is 1.23. The molecule has 1 rings (SSSR count). The summed E-state index contributed by atoms with van der Waals surface area (Å²) in [5.41, 5.74) is 0.795. The van der Waals surface area contributed by atoms with Crippen LogP contribution in [0.4, 0.5) is 0 Å². The van der Waals surface area contributed by atoms with Gasteiger partial charge in [-0.1, -0.05) is 28.1 Å². The van der Waals surface area contributed by atoms with Gasteiger partial charge in [0.1, 0.15) is 0 Å². The molecule has 1 aromatic carbocycles. The summed E-state index contributed by atoms with van der Waals surface area (Å²) < 4.78 is 17.7. The van der Waals surface area contributed by atoms with Crippen molar-refractivity contribution in [1.29, 1.82) is 0 Å². The van der Waals surface area contributed by atoms with Crippen molar-refractivity contribution >= 4 is 23.5 Å². The van der Waals surface area contributed by atoms with E-state index in [0.717, 1.165) is 10.0 Å². The first-order chi connectivity index (χ1) is 7.89. The first-order valence-electron chi connectivity index (χ1n) is 5.24. The summed E-state index contributed by atoms with van der Waals surface area (Å²) in [5.74, 6) is 0. The van der Waals surface area contributed by atoms with E-state index in [2.05, 4.69) is 15.9 Å². The molecular formula is C11H17BrNO3P. The van der Waals surface area contributed by atoms with Gasteiger partial charge in [-0.2, -0.15) is 0 Å². The van der Waals surface area contributed by atoms with Gasteiger partial charge >= 0.3 is 7.60 Å². The van der Waals surface area contributed by atoms with Crippen LogP contribution >= 0.6 is 23.5 Å². The summed E-state index contributed by atoms with van der Waals surface area (Å²) in [5, 5.41) is 0. The maximum atomic E-state index is 11.8. The van der Waals surface area contributed by atoms with Crippen LogP contribution in [-0.4, -0.2) is 37.0 Å². The lowest BCUT2D eigenvalue weighted by Gasteiger charge is -2.14. The Balaban J connectivity index is 2.48. The highest BCUT2D eigenvalue weighted by Crippen LogP contribution is 2.45. The van der Waals surface area contributed by atoms with Crippen LogP contribution in [0.2, 0.25) is 0 Å². The zero-order valence-electron chi connectivity index (χ0n) is 9.97. The minimum Gasteiger partial charge on any atom is -0.324 e. The summed E-state index contributed by atoms with van der Waals surface area (Å²) in [6.07, 6.45) is 0.0493. The molecule has 0 heterocycles. The molecule has 0 aliphatic carbocycles. The van der Waals surface area contributed by atoms with Crippen LogP contribution in [0.3, 0.4) is 0 Å². The lowest BCUT2D eigenvalue weighted by molar-refractivity contribution is 0.227. The predicted molar refractivity (Wildman–Crippen MR) is 72.2 cm³/mol. The molecule has 1 atom stereocenters. The lowest BCUT2D eigenvalue weighted by atomic mass is 10.2. The molecule has 0 bridgehead atoms. The topological polar surface area (TPSA) is 49.8 Å². The molecule has 0 aliphatic rings. The number of hydrogen-bond acceptors (Lipinski definition) is 3. The molecule has 0 spiro atoms. The van der Waals surface area contributed by atoms with Gasteiger partial charge in [0.2, 0.25) is 0 Å². The van der Waals surface area contributed by atoms with Gasteiger partial charge < -0.3 is 14.3 Å². The van der Waals surface area contributed by atoms with E-state index in [1.807, 2.05) is 43.3 Å². The fraction of sp³-hybridized carbons (Fsp3) is 0.455. The van der Waals surface area contributed by atoms with Crippen LogP contribution < -0.4 is 0 Å². The Bertz CT molecular complexity index is 394. The Morgan fingerprint density at radius 2 is 1.94 bits per heavy atom. The van der Waals surface area contributed by atoms with Crippen LogP contribution in [-0.2, 0) is 15.3 Å². The minimum absolute atomic E-state index is 0.0493. The van der Waals surface area contributed by atoms with Gasteiger partial charge in [-0.3, -0.25) is 4.57 Å². The van der Waals surface area contributed by atoms with E-state index in [1.165, 1.54) is 0 Å². The molecule has 6 heteroatoms. The Kier molecular flexibility index (Phi) is 5.83. The second-order valence-corrected chi connectivity index (χ2v) is 6.82. The molecular weight excluding hydrogens is 305 g/mol. The zero-order chi connectivity index (χ0) is 12.9. The van der Waals surface area contributed by atoms with Crippen LogP contribution in [0, 0.1) is 0 Å². The van der Waals surface area contributed by atoms with Gasteiger partial charge in [0.25, 0.3) is 0 Å². The standard InChI is InChI=1S/C11H17BrNO3P/c1-13(2)7-8-16-17(14,15)9-10-3-5-11(12)6-4-10/h3-6H,7-9H2,1-2H3,(H,14,15). The second kappa shape index (κ2) is 6.66. The van der Waals surface area contributed by atoms with Gasteiger partial charge in [0.15, 0.2) is 0 Å².